The lowest BCUT2D eigenvalue weighted by atomic mass is 9.78. The number of alkyl halides is 3. The fraction of sp³-hybridized carbons (Fsp3) is 0.414. The Hall–Kier alpha value is -3.82. The highest BCUT2D eigenvalue weighted by molar-refractivity contribution is 5.99. The molecule has 1 unspecified atom stereocenters. The highest BCUT2D eigenvalue weighted by Crippen LogP contribution is 2.44. The molecule has 3 aromatic rings. The lowest BCUT2D eigenvalue weighted by Crippen LogP contribution is -2.53. The number of nitrogens with one attached hydrogen (secondary N) is 1. The number of pyridine rings is 1. The average Bonchev–Trinajstić information content (AvgIpc) is 2.89. The Morgan fingerprint density at radius 3 is 2.54 bits per heavy atom. The van der Waals surface area contributed by atoms with Crippen LogP contribution in [-0.2, 0) is 15.8 Å². The quantitative estimate of drug-likeness (QED) is 0.373. The van der Waals surface area contributed by atoms with Crippen LogP contribution in [0, 0.1) is 11.8 Å². The standard InChI is InChI=1S/C29H31F3N4O3/c1-16(2)13-25(39-21-9-5-17-11-12-34-26(33)22(17)15-21)27(37)35-19-6-10-24(23(14-19)29(30,31)32)36-20-7-3-18(4-8-20)28(36)38/h5-6,9-12,14-16,18,20,25H,3-4,7-8,13H2,1-2H3,(H2,33,34)(H,35,37). The number of nitrogens with two attached hydrogens (primary N) is 1. The van der Waals surface area contributed by atoms with Gasteiger partial charge in [-0.1, -0.05) is 19.9 Å². The normalized spacial score (nSPS) is 19.9. The summed E-state index contributed by atoms with van der Waals surface area (Å²) in [5.41, 5.74) is 4.86. The molecule has 6 rings (SSSR count). The first-order valence-corrected chi connectivity index (χ1v) is 13.2. The molecule has 3 heterocycles. The maximum atomic E-state index is 14.2. The molecule has 2 aromatic carbocycles. The van der Waals surface area contributed by atoms with Crippen LogP contribution >= 0.6 is 0 Å². The molecule has 3 N–H and O–H groups in total. The van der Waals surface area contributed by atoms with Crippen molar-refractivity contribution in [3.63, 3.8) is 0 Å². The molecule has 2 bridgehead atoms. The molecule has 2 amide bonds. The first kappa shape index (κ1) is 26.8. The predicted octanol–water partition coefficient (Wildman–Crippen LogP) is 6.17. The Kier molecular flexibility index (Phi) is 7.13. The number of hydrogen-bond donors (Lipinski definition) is 2. The second-order valence-electron chi connectivity index (χ2n) is 10.7. The number of amides is 2. The zero-order valence-corrected chi connectivity index (χ0v) is 21.8. The minimum Gasteiger partial charge on any atom is -0.481 e. The van der Waals surface area contributed by atoms with Crippen molar-refractivity contribution < 1.29 is 27.5 Å². The minimum absolute atomic E-state index is 0.0185. The summed E-state index contributed by atoms with van der Waals surface area (Å²) in [6, 6.07) is 10.4. The number of nitrogen functional groups attached to an aromatic ring is 1. The number of piperidine rings is 2. The van der Waals surface area contributed by atoms with Gasteiger partial charge in [-0.15, -0.1) is 0 Å². The minimum atomic E-state index is -4.71. The van der Waals surface area contributed by atoms with Gasteiger partial charge in [-0.25, -0.2) is 4.98 Å². The molecule has 1 atom stereocenters. The van der Waals surface area contributed by atoms with Gasteiger partial charge < -0.3 is 20.7 Å². The van der Waals surface area contributed by atoms with E-state index in [4.69, 9.17) is 10.5 Å². The third-order valence-corrected chi connectivity index (χ3v) is 7.50. The van der Waals surface area contributed by atoms with E-state index in [-0.39, 0.29) is 35.2 Å². The van der Waals surface area contributed by atoms with Crippen LogP contribution in [0.25, 0.3) is 10.8 Å². The summed E-state index contributed by atoms with van der Waals surface area (Å²) in [5, 5.41) is 4.13. The van der Waals surface area contributed by atoms with Crippen LogP contribution < -0.4 is 20.7 Å². The van der Waals surface area contributed by atoms with Crippen molar-refractivity contribution in [2.45, 2.75) is 64.3 Å². The summed E-state index contributed by atoms with van der Waals surface area (Å²) in [5.74, 6) is -0.267. The van der Waals surface area contributed by atoms with Gasteiger partial charge in [0.05, 0.1) is 11.3 Å². The van der Waals surface area contributed by atoms with E-state index in [9.17, 15) is 22.8 Å². The Morgan fingerprint density at radius 1 is 1.13 bits per heavy atom. The van der Waals surface area contributed by atoms with E-state index in [1.807, 2.05) is 13.8 Å². The topological polar surface area (TPSA) is 97.6 Å². The zero-order valence-electron chi connectivity index (χ0n) is 21.8. The second kappa shape index (κ2) is 10.4. The van der Waals surface area contributed by atoms with Gasteiger partial charge in [-0.3, -0.25) is 9.59 Å². The molecule has 0 spiro atoms. The molecular formula is C29H31F3N4O3. The molecule has 3 fully saturated rings. The van der Waals surface area contributed by atoms with Gasteiger partial charge in [0, 0.05) is 29.2 Å². The molecule has 0 radical (unpaired) electrons. The van der Waals surface area contributed by atoms with Crippen LogP contribution in [-0.4, -0.2) is 28.9 Å². The van der Waals surface area contributed by atoms with E-state index < -0.39 is 23.8 Å². The number of anilines is 3. The molecule has 206 valence electrons. The zero-order chi connectivity index (χ0) is 27.9. The Labute approximate surface area is 224 Å². The fourth-order valence-corrected chi connectivity index (χ4v) is 5.59. The van der Waals surface area contributed by atoms with Crippen LogP contribution in [0.15, 0.2) is 48.7 Å². The molecule has 1 saturated carbocycles. The van der Waals surface area contributed by atoms with Crippen LogP contribution in [0.3, 0.4) is 0 Å². The van der Waals surface area contributed by atoms with Crippen molar-refractivity contribution >= 4 is 39.8 Å². The number of fused-ring (bicyclic) bond motifs is 4. The third kappa shape index (κ3) is 5.51. The molecule has 3 aliphatic rings. The average molecular weight is 541 g/mol. The monoisotopic (exact) mass is 540 g/mol. The van der Waals surface area contributed by atoms with Gasteiger partial charge in [0.1, 0.15) is 11.6 Å². The van der Waals surface area contributed by atoms with Crippen LogP contribution in [0.5, 0.6) is 5.75 Å². The third-order valence-electron chi connectivity index (χ3n) is 7.50. The molecular weight excluding hydrogens is 509 g/mol. The Morgan fingerprint density at radius 2 is 1.87 bits per heavy atom. The molecule has 39 heavy (non-hydrogen) atoms. The van der Waals surface area contributed by atoms with Crippen LogP contribution in [0.4, 0.5) is 30.4 Å². The number of rotatable bonds is 7. The molecule has 2 saturated heterocycles. The van der Waals surface area contributed by atoms with Gasteiger partial charge in [0.15, 0.2) is 6.10 Å². The second-order valence-corrected chi connectivity index (χ2v) is 10.7. The van der Waals surface area contributed by atoms with Crippen molar-refractivity contribution in [3.8, 4) is 5.75 Å². The smallest absolute Gasteiger partial charge is 0.418 e. The summed E-state index contributed by atoms with van der Waals surface area (Å²) in [6.45, 7) is 3.84. The van der Waals surface area contributed by atoms with E-state index in [1.54, 1.807) is 30.5 Å². The summed E-state index contributed by atoms with van der Waals surface area (Å²) < 4.78 is 48.5. The van der Waals surface area contributed by atoms with Gasteiger partial charge in [0.2, 0.25) is 5.91 Å². The van der Waals surface area contributed by atoms with Gasteiger partial charge in [0.25, 0.3) is 5.91 Å². The molecule has 1 aliphatic carbocycles. The van der Waals surface area contributed by atoms with Crippen molar-refractivity contribution in [1.29, 1.82) is 0 Å². The van der Waals surface area contributed by atoms with E-state index in [0.717, 1.165) is 11.5 Å². The number of benzene rings is 2. The SMILES string of the molecule is CC(C)CC(Oc1ccc2ccnc(N)c2c1)C(=O)Nc1ccc(N2C(=O)C3CCC2CC3)c(C(F)(F)F)c1. The maximum Gasteiger partial charge on any atom is 0.418 e. The van der Waals surface area contributed by atoms with E-state index in [2.05, 4.69) is 10.3 Å². The van der Waals surface area contributed by atoms with Crippen LogP contribution in [0.1, 0.15) is 51.5 Å². The number of nitrogens with zero attached hydrogens (tertiary/aromatic N) is 2. The number of carbonyl (C=O) groups is 2. The summed E-state index contributed by atoms with van der Waals surface area (Å²) >= 11 is 0. The molecule has 1 aromatic heterocycles. The molecule has 2 aliphatic heterocycles. The van der Waals surface area contributed by atoms with Gasteiger partial charge >= 0.3 is 6.18 Å². The van der Waals surface area contributed by atoms with Gasteiger partial charge in [-0.05, 0) is 79.8 Å². The predicted molar refractivity (Wildman–Crippen MR) is 143 cm³/mol. The number of aromatic nitrogens is 1. The molecule has 7 nitrogen and oxygen atoms in total. The van der Waals surface area contributed by atoms with Crippen molar-refractivity contribution in [2.24, 2.45) is 11.8 Å². The Bertz CT molecular complexity index is 1400. The van der Waals surface area contributed by atoms with E-state index in [0.29, 0.717) is 49.1 Å². The lowest BCUT2D eigenvalue weighted by molar-refractivity contribution is -0.137. The van der Waals surface area contributed by atoms with Gasteiger partial charge in [-0.2, -0.15) is 13.2 Å². The summed E-state index contributed by atoms with van der Waals surface area (Å²) in [7, 11) is 0. The maximum absolute atomic E-state index is 14.2. The van der Waals surface area contributed by atoms with Crippen molar-refractivity contribution in [3.05, 3.63) is 54.2 Å². The van der Waals surface area contributed by atoms with E-state index in [1.165, 1.54) is 17.0 Å². The largest absolute Gasteiger partial charge is 0.481 e. The van der Waals surface area contributed by atoms with Crippen molar-refractivity contribution in [2.75, 3.05) is 16.0 Å². The first-order chi connectivity index (χ1) is 18.5. The Balaban J connectivity index is 1.40. The lowest BCUT2D eigenvalue weighted by Gasteiger charge is -2.45. The highest BCUT2D eigenvalue weighted by atomic mass is 19.4. The van der Waals surface area contributed by atoms with Crippen LogP contribution in [0.2, 0.25) is 0 Å². The van der Waals surface area contributed by atoms with Crippen molar-refractivity contribution in [1.82, 2.24) is 4.98 Å². The summed E-state index contributed by atoms with van der Waals surface area (Å²) in [4.78, 5) is 31.5. The van der Waals surface area contributed by atoms with E-state index >= 15 is 0 Å². The number of carbonyl (C=O) groups excluding carboxylic acids is 2. The molecule has 10 heteroatoms. The highest BCUT2D eigenvalue weighted by Gasteiger charge is 2.44. The number of ether oxygens (including phenoxy) is 1. The number of hydrogen-bond acceptors (Lipinski definition) is 5. The first-order valence-electron chi connectivity index (χ1n) is 13.2. The summed E-state index contributed by atoms with van der Waals surface area (Å²) in [6.07, 6.45) is -0.927. The fourth-order valence-electron chi connectivity index (χ4n) is 5.59. The number of halogens is 3.